The molecule has 0 radical (unpaired) electrons. The van der Waals surface area contributed by atoms with Crippen molar-refractivity contribution in [2.75, 3.05) is 32.7 Å². The third kappa shape index (κ3) is 4.47. The molecule has 1 aliphatic rings. The van der Waals surface area contributed by atoms with E-state index < -0.39 is 0 Å². The van der Waals surface area contributed by atoms with E-state index in [4.69, 9.17) is 9.47 Å². The first kappa shape index (κ1) is 23.0. The number of benzene rings is 2. The maximum absolute atomic E-state index is 12.6. The van der Waals surface area contributed by atoms with Gasteiger partial charge in [0, 0.05) is 30.4 Å². The molecule has 1 aliphatic heterocycles. The van der Waals surface area contributed by atoms with Crippen molar-refractivity contribution in [1.82, 2.24) is 5.32 Å². The van der Waals surface area contributed by atoms with Gasteiger partial charge in [-0.15, -0.1) is 0 Å². The lowest BCUT2D eigenvalue weighted by molar-refractivity contribution is -0.117. The largest absolute Gasteiger partial charge is 0.493 e. The Labute approximate surface area is 189 Å². The minimum absolute atomic E-state index is 0.0740. The van der Waals surface area contributed by atoms with Crippen molar-refractivity contribution in [2.45, 2.75) is 25.7 Å². The van der Waals surface area contributed by atoms with E-state index in [1.807, 2.05) is 49.5 Å². The first-order valence-electron chi connectivity index (χ1n) is 10.5. The number of nitriles is 1. The van der Waals surface area contributed by atoms with Gasteiger partial charge in [0.15, 0.2) is 11.5 Å². The van der Waals surface area contributed by atoms with Crippen LogP contribution >= 0.6 is 0 Å². The van der Waals surface area contributed by atoms with Gasteiger partial charge < -0.3 is 19.7 Å². The van der Waals surface area contributed by atoms with Crippen molar-refractivity contribution >= 4 is 11.6 Å². The summed E-state index contributed by atoms with van der Waals surface area (Å²) in [6.07, 6.45) is 4.08. The lowest BCUT2D eigenvalue weighted by Crippen LogP contribution is -2.27. The zero-order valence-electron chi connectivity index (χ0n) is 19.2. The number of methoxy groups -OCH3 is 2. The predicted molar refractivity (Wildman–Crippen MR) is 126 cm³/mol. The summed E-state index contributed by atoms with van der Waals surface area (Å²) in [4.78, 5) is 14.7. The van der Waals surface area contributed by atoms with Gasteiger partial charge in [0.25, 0.3) is 5.91 Å². The number of hydrogen-bond donors (Lipinski definition) is 1. The van der Waals surface area contributed by atoms with E-state index in [0.717, 1.165) is 16.9 Å². The van der Waals surface area contributed by atoms with Crippen molar-refractivity contribution < 1.29 is 14.3 Å². The van der Waals surface area contributed by atoms with Crippen LogP contribution in [0, 0.1) is 11.3 Å². The van der Waals surface area contributed by atoms with Gasteiger partial charge in [-0.05, 0) is 47.9 Å². The predicted octanol–water partition coefficient (Wildman–Crippen LogP) is 4.12. The molecule has 0 saturated carbocycles. The lowest BCUT2D eigenvalue weighted by atomic mass is 9.83. The van der Waals surface area contributed by atoms with Gasteiger partial charge in [-0.3, -0.25) is 4.79 Å². The summed E-state index contributed by atoms with van der Waals surface area (Å²) in [6, 6.07) is 15.9. The van der Waals surface area contributed by atoms with E-state index in [1.165, 1.54) is 5.56 Å². The lowest BCUT2D eigenvalue weighted by Gasteiger charge is -2.23. The van der Waals surface area contributed by atoms with Crippen molar-refractivity contribution in [3.8, 4) is 17.6 Å². The van der Waals surface area contributed by atoms with Gasteiger partial charge in [-0.2, -0.15) is 5.26 Å². The zero-order chi connectivity index (χ0) is 23.3. The van der Waals surface area contributed by atoms with Crippen molar-refractivity contribution in [3.63, 3.8) is 0 Å². The molecule has 2 aromatic carbocycles. The van der Waals surface area contributed by atoms with Crippen LogP contribution in [0.2, 0.25) is 0 Å². The second-order valence-electron chi connectivity index (χ2n) is 8.14. The van der Waals surface area contributed by atoms with Gasteiger partial charge in [-0.25, -0.2) is 0 Å². The SMILES string of the molecule is COc1ccc(CCNC(=O)/C(C#N)=C/C=C2/N(C)c3ccccc3C2(C)C)cc1OC. The van der Waals surface area contributed by atoms with E-state index in [2.05, 4.69) is 36.2 Å². The summed E-state index contributed by atoms with van der Waals surface area (Å²) >= 11 is 0. The molecular weight excluding hydrogens is 402 g/mol. The van der Waals surface area contributed by atoms with Crippen molar-refractivity contribution in [2.24, 2.45) is 0 Å². The minimum Gasteiger partial charge on any atom is -0.493 e. The number of allylic oxidation sites excluding steroid dienone is 3. The highest BCUT2D eigenvalue weighted by Gasteiger charge is 2.37. The van der Waals surface area contributed by atoms with Gasteiger partial charge in [0.2, 0.25) is 0 Å². The molecule has 166 valence electrons. The van der Waals surface area contributed by atoms with Crippen LogP contribution < -0.4 is 19.7 Å². The number of nitrogens with zero attached hydrogens (tertiary/aromatic N) is 2. The molecule has 2 aromatic rings. The zero-order valence-corrected chi connectivity index (χ0v) is 19.2. The fourth-order valence-electron chi connectivity index (χ4n) is 4.08. The molecule has 32 heavy (non-hydrogen) atoms. The molecule has 3 rings (SSSR count). The molecule has 0 saturated heterocycles. The molecule has 0 spiro atoms. The number of para-hydroxylation sites is 1. The molecule has 1 N–H and O–H groups in total. The monoisotopic (exact) mass is 431 g/mol. The maximum atomic E-state index is 12.6. The molecule has 6 heteroatoms. The maximum Gasteiger partial charge on any atom is 0.261 e. The number of amides is 1. The normalized spacial score (nSPS) is 15.8. The fourth-order valence-corrected chi connectivity index (χ4v) is 4.08. The number of likely N-dealkylation sites (N-methyl/N-ethyl adjacent to an activating group) is 1. The molecule has 0 fully saturated rings. The fraction of sp³-hybridized carbons (Fsp3) is 0.308. The van der Waals surface area contributed by atoms with Crippen LogP contribution in [-0.2, 0) is 16.6 Å². The van der Waals surface area contributed by atoms with Crippen LogP contribution in [0.1, 0.15) is 25.0 Å². The van der Waals surface area contributed by atoms with Crippen LogP contribution in [0.4, 0.5) is 5.69 Å². The average Bonchev–Trinajstić information content (AvgIpc) is 2.99. The third-order valence-electron chi connectivity index (χ3n) is 5.86. The molecule has 0 aliphatic carbocycles. The second-order valence-corrected chi connectivity index (χ2v) is 8.14. The van der Waals surface area contributed by atoms with Crippen molar-refractivity contribution in [1.29, 1.82) is 5.26 Å². The Balaban J connectivity index is 1.68. The van der Waals surface area contributed by atoms with Crippen molar-refractivity contribution in [3.05, 3.63) is 77.0 Å². The van der Waals surface area contributed by atoms with E-state index >= 15 is 0 Å². The number of fused-ring (bicyclic) bond motifs is 1. The van der Waals surface area contributed by atoms with Gasteiger partial charge in [-0.1, -0.05) is 38.1 Å². The van der Waals surface area contributed by atoms with Crippen LogP contribution in [0.15, 0.2) is 65.9 Å². The van der Waals surface area contributed by atoms with Crippen LogP contribution in [0.25, 0.3) is 0 Å². The summed E-state index contributed by atoms with van der Waals surface area (Å²) in [6.45, 7) is 4.69. The highest BCUT2D eigenvalue weighted by Crippen LogP contribution is 2.46. The Morgan fingerprint density at radius 1 is 1.16 bits per heavy atom. The minimum atomic E-state index is -0.388. The summed E-state index contributed by atoms with van der Waals surface area (Å²) < 4.78 is 10.6. The third-order valence-corrected chi connectivity index (χ3v) is 5.86. The number of ether oxygens (including phenoxy) is 2. The Hall–Kier alpha value is -3.72. The summed E-state index contributed by atoms with van der Waals surface area (Å²) in [5.74, 6) is 0.913. The molecule has 0 bridgehead atoms. The number of rotatable bonds is 7. The first-order chi connectivity index (χ1) is 15.3. The summed E-state index contributed by atoms with van der Waals surface area (Å²) in [5.41, 5.74) is 4.25. The molecule has 0 aromatic heterocycles. The molecule has 0 unspecified atom stereocenters. The molecular formula is C26H29N3O3. The highest BCUT2D eigenvalue weighted by atomic mass is 16.5. The van der Waals surface area contributed by atoms with Gasteiger partial charge in [0.1, 0.15) is 11.6 Å². The number of anilines is 1. The number of nitrogens with one attached hydrogen (secondary N) is 1. The van der Waals surface area contributed by atoms with Gasteiger partial charge in [0.05, 0.1) is 14.2 Å². The summed E-state index contributed by atoms with van der Waals surface area (Å²) in [7, 11) is 5.18. The highest BCUT2D eigenvalue weighted by molar-refractivity contribution is 5.97. The Morgan fingerprint density at radius 3 is 2.53 bits per heavy atom. The first-order valence-corrected chi connectivity index (χ1v) is 10.5. The standard InChI is InChI=1S/C26H29N3O3/c1-26(2)20-8-6-7-9-21(20)29(3)24(26)13-11-19(17-27)25(30)28-15-14-18-10-12-22(31-4)23(16-18)32-5/h6-13,16H,14-15H2,1-5H3,(H,28,30)/b19-11+,24-13+. The molecule has 1 heterocycles. The molecule has 6 nitrogen and oxygen atoms in total. The van der Waals surface area contributed by atoms with Gasteiger partial charge >= 0.3 is 0 Å². The molecule has 1 amide bonds. The summed E-state index contributed by atoms with van der Waals surface area (Å²) in [5, 5.41) is 12.4. The number of carbonyl (C=O) groups is 1. The van der Waals surface area contributed by atoms with E-state index in [1.54, 1.807) is 20.3 Å². The molecule has 0 atom stereocenters. The quantitative estimate of drug-likeness (QED) is 0.527. The van der Waals surface area contributed by atoms with Crippen LogP contribution in [-0.4, -0.2) is 33.7 Å². The topological polar surface area (TPSA) is 74.6 Å². The van der Waals surface area contributed by atoms with E-state index in [0.29, 0.717) is 24.5 Å². The second kappa shape index (κ2) is 9.61. The Kier molecular flexibility index (Phi) is 6.89. The van der Waals surface area contributed by atoms with Crippen LogP contribution in [0.3, 0.4) is 0 Å². The van der Waals surface area contributed by atoms with Crippen LogP contribution in [0.5, 0.6) is 11.5 Å². The van der Waals surface area contributed by atoms with E-state index in [9.17, 15) is 10.1 Å². The Bertz CT molecular complexity index is 1110. The Morgan fingerprint density at radius 2 is 1.88 bits per heavy atom. The smallest absolute Gasteiger partial charge is 0.261 e. The average molecular weight is 432 g/mol. The number of hydrogen-bond acceptors (Lipinski definition) is 5. The van der Waals surface area contributed by atoms with E-state index in [-0.39, 0.29) is 16.9 Å². The number of carbonyl (C=O) groups excluding carboxylic acids is 1.